The molecular formula is C18H30N2. The number of likely N-dealkylation sites (N-methyl/N-ethyl adjacent to an activating group) is 1. The van der Waals surface area contributed by atoms with Gasteiger partial charge in [0.15, 0.2) is 0 Å². The van der Waals surface area contributed by atoms with Gasteiger partial charge in [0.2, 0.25) is 0 Å². The fraction of sp³-hybridized carbons (Fsp3) is 0.667. The number of rotatable bonds is 8. The van der Waals surface area contributed by atoms with Gasteiger partial charge in [-0.15, -0.1) is 0 Å². The summed E-state index contributed by atoms with van der Waals surface area (Å²) in [6, 6.07) is 9.20. The highest BCUT2D eigenvalue weighted by Crippen LogP contribution is 2.27. The lowest BCUT2D eigenvalue weighted by atomic mass is 9.85. The molecule has 2 rings (SSSR count). The molecule has 1 saturated carbocycles. The number of nitrogens with zero attached hydrogens (tertiary/aromatic N) is 1. The van der Waals surface area contributed by atoms with Gasteiger partial charge in [0, 0.05) is 19.6 Å². The molecule has 0 spiro atoms. The third-order valence-corrected chi connectivity index (χ3v) is 4.50. The van der Waals surface area contributed by atoms with E-state index in [0.717, 1.165) is 25.6 Å². The zero-order chi connectivity index (χ0) is 14.4. The maximum Gasteiger partial charge on any atom is 0.0230 e. The summed E-state index contributed by atoms with van der Waals surface area (Å²) < 4.78 is 0. The molecule has 1 aliphatic rings. The van der Waals surface area contributed by atoms with Crippen LogP contribution in [0.2, 0.25) is 0 Å². The average Bonchev–Trinajstić information content (AvgIpc) is 2.41. The van der Waals surface area contributed by atoms with Crippen LogP contribution < -0.4 is 5.32 Å². The lowest BCUT2D eigenvalue weighted by Gasteiger charge is -2.30. The zero-order valence-corrected chi connectivity index (χ0v) is 13.4. The van der Waals surface area contributed by atoms with Crippen LogP contribution in [0.25, 0.3) is 0 Å². The topological polar surface area (TPSA) is 15.3 Å². The molecule has 0 bridgehead atoms. The highest BCUT2D eigenvalue weighted by molar-refractivity contribution is 5.25. The minimum absolute atomic E-state index is 0.594. The molecule has 2 heteroatoms. The van der Waals surface area contributed by atoms with Gasteiger partial charge in [-0.1, -0.05) is 44.5 Å². The quantitative estimate of drug-likeness (QED) is 0.778. The Balaban J connectivity index is 1.80. The molecule has 0 radical (unpaired) electrons. The van der Waals surface area contributed by atoms with Gasteiger partial charge in [-0.3, -0.25) is 0 Å². The maximum atomic E-state index is 3.42. The maximum absolute atomic E-state index is 3.42. The monoisotopic (exact) mass is 274 g/mol. The van der Waals surface area contributed by atoms with Crippen LogP contribution in [0.1, 0.15) is 50.2 Å². The number of nitrogens with one attached hydrogen (secondary N) is 1. The van der Waals surface area contributed by atoms with Gasteiger partial charge >= 0.3 is 0 Å². The Morgan fingerprint density at radius 2 is 1.95 bits per heavy atom. The van der Waals surface area contributed by atoms with E-state index in [-0.39, 0.29) is 0 Å². The minimum atomic E-state index is 0.594. The van der Waals surface area contributed by atoms with Crippen LogP contribution in [-0.4, -0.2) is 31.6 Å². The van der Waals surface area contributed by atoms with Crippen molar-refractivity contribution < 1.29 is 0 Å². The fourth-order valence-corrected chi connectivity index (χ4v) is 2.92. The molecule has 0 aromatic heterocycles. The molecule has 0 amide bonds. The van der Waals surface area contributed by atoms with Crippen molar-refractivity contribution in [3.8, 4) is 0 Å². The summed E-state index contributed by atoms with van der Waals surface area (Å²) in [4.78, 5) is 2.47. The summed E-state index contributed by atoms with van der Waals surface area (Å²) in [5.41, 5.74) is 2.88. The SMILES string of the molecule is CCNCC(C)c1ccc(CN(C)CC2CCC2)cc1. The first-order valence-corrected chi connectivity index (χ1v) is 8.17. The van der Waals surface area contributed by atoms with E-state index in [1.54, 1.807) is 0 Å². The second-order valence-electron chi connectivity index (χ2n) is 6.44. The van der Waals surface area contributed by atoms with E-state index in [9.17, 15) is 0 Å². The first-order chi connectivity index (χ1) is 9.69. The lowest BCUT2D eigenvalue weighted by molar-refractivity contribution is 0.200. The van der Waals surface area contributed by atoms with Crippen LogP contribution in [0.3, 0.4) is 0 Å². The third kappa shape index (κ3) is 4.60. The Kier molecular flexibility index (Phi) is 6.06. The van der Waals surface area contributed by atoms with Gasteiger partial charge in [0.25, 0.3) is 0 Å². The molecule has 20 heavy (non-hydrogen) atoms. The Bertz CT molecular complexity index is 381. The summed E-state index contributed by atoms with van der Waals surface area (Å²) in [6.07, 6.45) is 4.31. The summed E-state index contributed by atoms with van der Waals surface area (Å²) >= 11 is 0. The van der Waals surface area contributed by atoms with Crippen LogP contribution in [0.15, 0.2) is 24.3 Å². The standard InChI is InChI=1S/C18H30N2/c1-4-19-12-15(2)18-10-8-17(9-11-18)14-20(3)13-16-6-5-7-16/h8-11,15-16,19H,4-7,12-14H2,1-3H3. The van der Waals surface area contributed by atoms with Crippen LogP contribution >= 0.6 is 0 Å². The Labute approximate surface area is 124 Å². The van der Waals surface area contributed by atoms with Gasteiger partial charge in [-0.2, -0.15) is 0 Å². The number of hydrogen-bond donors (Lipinski definition) is 1. The van der Waals surface area contributed by atoms with Crippen LogP contribution in [-0.2, 0) is 6.54 Å². The summed E-state index contributed by atoms with van der Waals surface area (Å²) in [5, 5.41) is 3.42. The molecule has 1 aliphatic carbocycles. The van der Waals surface area contributed by atoms with Crippen molar-refractivity contribution in [3.63, 3.8) is 0 Å². The molecule has 2 nitrogen and oxygen atoms in total. The Morgan fingerprint density at radius 1 is 1.25 bits per heavy atom. The van der Waals surface area contributed by atoms with Crippen molar-refractivity contribution in [2.24, 2.45) is 5.92 Å². The molecule has 0 saturated heterocycles. The highest BCUT2D eigenvalue weighted by atomic mass is 15.1. The van der Waals surface area contributed by atoms with Crippen LogP contribution in [0, 0.1) is 5.92 Å². The van der Waals surface area contributed by atoms with Crippen molar-refractivity contribution in [1.29, 1.82) is 0 Å². The molecule has 1 fully saturated rings. The second kappa shape index (κ2) is 7.80. The molecule has 0 aliphatic heterocycles. The van der Waals surface area contributed by atoms with E-state index < -0.39 is 0 Å². The first-order valence-electron chi connectivity index (χ1n) is 8.17. The van der Waals surface area contributed by atoms with Gasteiger partial charge in [0.1, 0.15) is 0 Å². The number of hydrogen-bond acceptors (Lipinski definition) is 2. The van der Waals surface area contributed by atoms with E-state index in [4.69, 9.17) is 0 Å². The molecule has 1 aromatic carbocycles. The van der Waals surface area contributed by atoms with Crippen molar-refractivity contribution in [2.45, 2.75) is 45.6 Å². The van der Waals surface area contributed by atoms with Crippen molar-refractivity contribution >= 4 is 0 Å². The molecule has 1 unspecified atom stereocenters. The van der Waals surface area contributed by atoms with E-state index >= 15 is 0 Å². The smallest absolute Gasteiger partial charge is 0.0230 e. The molecule has 1 aromatic rings. The lowest BCUT2D eigenvalue weighted by Crippen LogP contribution is -2.29. The third-order valence-electron chi connectivity index (χ3n) is 4.50. The molecule has 0 heterocycles. The summed E-state index contributed by atoms with van der Waals surface area (Å²) in [6.45, 7) is 8.91. The molecule has 1 N–H and O–H groups in total. The predicted molar refractivity (Wildman–Crippen MR) is 87.1 cm³/mol. The Hall–Kier alpha value is -0.860. The van der Waals surface area contributed by atoms with Crippen molar-refractivity contribution in [1.82, 2.24) is 10.2 Å². The summed E-state index contributed by atoms with van der Waals surface area (Å²) in [5.74, 6) is 1.55. The van der Waals surface area contributed by atoms with Crippen molar-refractivity contribution in [3.05, 3.63) is 35.4 Å². The van der Waals surface area contributed by atoms with E-state index in [1.807, 2.05) is 0 Å². The van der Waals surface area contributed by atoms with Gasteiger partial charge in [0.05, 0.1) is 0 Å². The van der Waals surface area contributed by atoms with Crippen LogP contribution in [0.5, 0.6) is 0 Å². The van der Waals surface area contributed by atoms with Crippen LogP contribution in [0.4, 0.5) is 0 Å². The molecule has 112 valence electrons. The molecule has 1 atom stereocenters. The van der Waals surface area contributed by atoms with Gasteiger partial charge in [-0.05, 0) is 49.4 Å². The fourth-order valence-electron chi connectivity index (χ4n) is 2.92. The normalized spacial score (nSPS) is 17.2. The minimum Gasteiger partial charge on any atom is -0.316 e. The predicted octanol–water partition coefficient (Wildman–Crippen LogP) is 3.63. The van der Waals surface area contributed by atoms with Gasteiger partial charge in [-0.25, -0.2) is 0 Å². The van der Waals surface area contributed by atoms with E-state index in [0.29, 0.717) is 5.92 Å². The molecular weight excluding hydrogens is 244 g/mol. The van der Waals surface area contributed by atoms with Gasteiger partial charge < -0.3 is 10.2 Å². The highest BCUT2D eigenvalue weighted by Gasteiger charge is 2.18. The first kappa shape index (κ1) is 15.5. The Morgan fingerprint density at radius 3 is 2.50 bits per heavy atom. The average molecular weight is 274 g/mol. The van der Waals surface area contributed by atoms with E-state index in [1.165, 1.54) is 36.9 Å². The zero-order valence-electron chi connectivity index (χ0n) is 13.4. The second-order valence-corrected chi connectivity index (χ2v) is 6.44. The number of benzene rings is 1. The largest absolute Gasteiger partial charge is 0.316 e. The van der Waals surface area contributed by atoms with Crippen molar-refractivity contribution in [2.75, 3.05) is 26.7 Å². The van der Waals surface area contributed by atoms with E-state index in [2.05, 4.69) is 55.4 Å². The summed E-state index contributed by atoms with van der Waals surface area (Å²) in [7, 11) is 2.25.